The number of furan rings is 1. The number of para-hydroxylation sites is 1. The van der Waals surface area contributed by atoms with Crippen LogP contribution in [-0.4, -0.2) is 33.5 Å². The van der Waals surface area contributed by atoms with Gasteiger partial charge in [-0.1, -0.05) is 53.2 Å². The average Bonchev–Trinajstić information content (AvgIpc) is 3.38. The Kier molecular flexibility index (Phi) is 6.41. The molecule has 31 heavy (non-hydrogen) atoms. The standard InChI is InChI=1S/C21H18Cl2N4O3S/c1-3-27-20(16-10-12-6-4-9-15(29-2)19(12)30-16)25-26-21(27)31-11-17(28)24-14-8-5-7-13(22)18(14)23/h4-10H,3,11H2,1-2H3,(H,24,28). The molecule has 160 valence electrons. The van der Waals surface area contributed by atoms with Crippen molar-refractivity contribution in [2.75, 3.05) is 18.2 Å². The Balaban J connectivity index is 1.52. The number of nitrogens with one attached hydrogen (secondary N) is 1. The summed E-state index contributed by atoms with van der Waals surface area (Å²) >= 11 is 13.4. The number of fused-ring (bicyclic) bond motifs is 1. The molecule has 2 aromatic heterocycles. The molecule has 1 N–H and O–H groups in total. The zero-order valence-electron chi connectivity index (χ0n) is 16.7. The summed E-state index contributed by atoms with van der Waals surface area (Å²) in [6.07, 6.45) is 0. The lowest BCUT2D eigenvalue weighted by Gasteiger charge is -2.08. The Bertz CT molecular complexity index is 1250. The molecule has 0 aliphatic carbocycles. The van der Waals surface area contributed by atoms with Crippen molar-refractivity contribution >= 4 is 57.5 Å². The lowest BCUT2D eigenvalue weighted by molar-refractivity contribution is -0.113. The van der Waals surface area contributed by atoms with Crippen molar-refractivity contribution in [3.63, 3.8) is 0 Å². The van der Waals surface area contributed by atoms with Crippen molar-refractivity contribution in [1.82, 2.24) is 14.8 Å². The van der Waals surface area contributed by atoms with Crippen LogP contribution in [0, 0.1) is 0 Å². The summed E-state index contributed by atoms with van der Waals surface area (Å²) in [7, 11) is 1.60. The molecular weight excluding hydrogens is 459 g/mol. The number of carbonyl (C=O) groups is 1. The summed E-state index contributed by atoms with van der Waals surface area (Å²) < 4.78 is 13.3. The largest absolute Gasteiger partial charge is 0.493 e. The van der Waals surface area contributed by atoms with Crippen LogP contribution < -0.4 is 10.1 Å². The molecule has 7 nitrogen and oxygen atoms in total. The van der Waals surface area contributed by atoms with Gasteiger partial charge in [0.15, 0.2) is 22.2 Å². The van der Waals surface area contributed by atoms with E-state index in [4.69, 9.17) is 32.4 Å². The fourth-order valence-corrected chi connectivity index (χ4v) is 4.24. The first-order valence-electron chi connectivity index (χ1n) is 9.38. The maximum absolute atomic E-state index is 12.4. The van der Waals surface area contributed by atoms with Gasteiger partial charge in [-0.25, -0.2) is 0 Å². The minimum absolute atomic E-state index is 0.134. The smallest absolute Gasteiger partial charge is 0.234 e. The molecule has 4 aromatic rings. The number of anilines is 1. The van der Waals surface area contributed by atoms with E-state index in [-0.39, 0.29) is 11.7 Å². The third kappa shape index (κ3) is 4.37. The molecule has 0 radical (unpaired) electrons. The second-order valence-corrected chi connectivity index (χ2v) is 8.21. The van der Waals surface area contributed by atoms with Crippen molar-refractivity contribution < 1.29 is 13.9 Å². The van der Waals surface area contributed by atoms with E-state index >= 15 is 0 Å². The van der Waals surface area contributed by atoms with Crippen LogP contribution in [0.4, 0.5) is 5.69 Å². The van der Waals surface area contributed by atoms with Crippen molar-refractivity contribution in [3.05, 3.63) is 52.5 Å². The van der Waals surface area contributed by atoms with Gasteiger partial charge in [0.05, 0.1) is 28.6 Å². The Labute approximate surface area is 192 Å². The topological polar surface area (TPSA) is 82.2 Å². The number of halogens is 2. The third-order valence-electron chi connectivity index (χ3n) is 4.54. The van der Waals surface area contributed by atoms with Gasteiger partial charge in [-0.2, -0.15) is 0 Å². The number of nitrogens with zero attached hydrogens (tertiary/aromatic N) is 3. The molecule has 4 rings (SSSR count). The van der Waals surface area contributed by atoms with E-state index in [1.165, 1.54) is 11.8 Å². The first kappa shape index (κ1) is 21.5. The number of benzene rings is 2. The molecule has 0 aliphatic heterocycles. The van der Waals surface area contributed by atoms with E-state index in [0.29, 0.717) is 50.4 Å². The molecule has 2 aromatic carbocycles. The van der Waals surface area contributed by atoms with Gasteiger partial charge < -0.3 is 14.5 Å². The number of thioether (sulfide) groups is 1. The molecule has 0 spiro atoms. The highest BCUT2D eigenvalue weighted by Gasteiger charge is 2.19. The van der Waals surface area contributed by atoms with Crippen LogP contribution in [0.1, 0.15) is 6.92 Å². The second kappa shape index (κ2) is 9.21. The van der Waals surface area contributed by atoms with Crippen LogP contribution in [0.25, 0.3) is 22.6 Å². The van der Waals surface area contributed by atoms with Crippen LogP contribution in [-0.2, 0) is 11.3 Å². The van der Waals surface area contributed by atoms with Gasteiger partial charge in [0.25, 0.3) is 0 Å². The maximum Gasteiger partial charge on any atom is 0.234 e. The summed E-state index contributed by atoms with van der Waals surface area (Å²) in [5.41, 5.74) is 1.12. The van der Waals surface area contributed by atoms with E-state index in [1.807, 2.05) is 35.8 Å². The molecule has 0 unspecified atom stereocenters. The lowest BCUT2D eigenvalue weighted by atomic mass is 10.2. The van der Waals surface area contributed by atoms with Gasteiger partial charge in [-0.05, 0) is 31.2 Å². The first-order valence-corrected chi connectivity index (χ1v) is 11.1. The Morgan fingerprint density at radius 3 is 2.81 bits per heavy atom. The Morgan fingerprint density at radius 2 is 2.03 bits per heavy atom. The molecule has 10 heteroatoms. The minimum atomic E-state index is -0.227. The second-order valence-electron chi connectivity index (χ2n) is 6.48. The number of carbonyl (C=O) groups excluding carboxylic acids is 1. The monoisotopic (exact) mass is 476 g/mol. The molecule has 0 bridgehead atoms. The van der Waals surface area contributed by atoms with Gasteiger partial charge in [-0.3, -0.25) is 9.36 Å². The zero-order valence-corrected chi connectivity index (χ0v) is 19.0. The Morgan fingerprint density at radius 1 is 1.23 bits per heavy atom. The molecule has 0 aliphatic rings. The molecular formula is C21H18Cl2N4O3S. The summed E-state index contributed by atoms with van der Waals surface area (Å²) in [6.45, 7) is 2.59. The summed E-state index contributed by atoms with van der Waals surface area (Å²) in [5, 5.41) is 13.5. The summed E-state index contributed by atoms with van der Waals surface area (Å²) in [5.74, 6) is 1.72. The maximum atomic E-state index is 12.4. The van der Waals surface area contributed by atoms with E-state index in [0.717, 1.165) is 5.39 Å². The van der Waals surface area contributed by atoms with E-state index < -0.39 is 0 Å². The molecule has 0 saturated carbocycles. The van der Waals surface area contributed by atoms with Crippen molar-refractivity contribution in [1.29, 1.82) is 0 Å². The number of hydrogen-bond donors (Lipinski definition) is 1. The summed E-state index contributed by atoms with van der Waals surface area (Å²) in [6, 6.07) is 12.7. The Hall–Kier alpha value is -2.68. The number of amides is 1. The molecule has 0 saturated heterocycles. The van der Waals surface area contributed by atoms with Crippen LogP contribution in [0.2, 0.25) is 10.0 Å². The highest BCUT2D eigenvalue weighted by atomic mass is 35.5. The molecule has 0 fully saturated rings. The van der Waals surface area contributed by atoms with Crippen LogP contribution in [0.3, 0.4) is 0 Å². The first-order chi connectivity index (χ1) is 15.0. The normalized spacial score (nSPS) is 11.1. The highest BCUT2D eigenvalue weighted by Crippen LogP contribution is 2.34. The van der Waals surface area contributed by atoms with Crippen LogP contribution in [0.15, 0.2) is 52.0 Å². The highest BCUT2D eigenvalue weighted by molar-refractivity contribution is 7.99. The number of hydrogen-bond acceptors (Lipinski definition) is 6. The SMILES string of the molecule is CCn1c(SCC(=O)Nc2cccc(Cl)c2Cl)nnc1-c1cc2cccc(OC)c2o1. The third-order valence-corrected chi connectivity index (χ3v) is 6.33. The van der Waals surface area contributed by atoms with Gasteiger partial charge in [0.2, 0.25) is 11.7 Å². The number of methoxy groups -OCH3 is 1. The van der Waals surface area contributed by atoms with Crippen LogP contribution in [0.5, 0.6) is 5.75 Å². The van der Waals surface area contributed by atoms with Crippen molar-refractivity contribution in [2.24, 2.45) is 0 Å². The van der Waals surface area contributed by atoms with Gasteiger partial charge >= 0.3 is 0 Å². The van der Waals surface area contributed by atoms with Crippen molar-refractivity contribution in [2.45, 2.75) is 18.6 Å². The van der Waals surface area contributed by atoms with Gasteiger partial charge in [0.1, 0.15) is 0 Å². The minimum Gasteiger partial charge on any atom is -0.493 e. The lowest BCUT2D eigenvalue weighted by Crippen LogP contribution is -2.15. The zero-order chi connectivity index (χ0) is 22.0. The van der Waals surface area contributed by atoms with E-state index in [2.05, 4.69) is 15.5 Å². The number of ether oxygens (including phenoxy) is 1. The molecule has 1 amide bonds. The van der Waals surface area contributed by atoms with Gasteiger partial charge in [-0.15, -0.1) is 10.2 Å². The van der Waals surface area contributed by atoms with Gasteiger partial charge in [0, 0.05) is 11.9 Å². The summed E-state index contributed by atoms with van der Waals surface area (Å²) in [4.78, 5) is 12.4. The predicted molar refractivity (Wildman–Crippen MR) is 123 cm³/mol. The quantitative estimate of drug-likeness (QED) is 0.341. The van der Waals surface area contributed by atoms with Crippen molar-refractivity contribution in [3.8, 4) is 17.3 Å². The molecule has 0 atom stereocenters. The number of rotatable bonds is 7. The molecule has 2 heterocycles. The average molecular weight is 477 g/mol. The van der Waals surface area contributed by atoms with E-state index in [1.54, 1.807) is 25.3 Å². The number of aromatic nitrogens is 3. The van der Waals surface area contributed by atoms with Crippen LogP contribution >= 0.6 is 35.0 Å². The predicted octanol–water partition coefficient (Wildman–Crippen LogP) is 5.76. The fraction of sp³-hybridized carbons (Fsp3) is 0.190. The van der Waals surface area contributed by atoms with E-state index in [9.17, 15) is 4.79 Å². The fourth-order valence-electron chi connectivity index (χ4n) is 3.09.